The fourth-order valence-corrected chi connectivity index (χ4v) is 5.51. The van der Waals surface area contributed by atoms with E-state index in [1.54, 1.807) is 30.3 Å². The Balaban J connectivity index is 1.46. The van der Waals surface area contributed by atoms with Gasteiger partial charge in [0.1, 0.15) is 23.9 Å². The number of hydrogen-bond donors (Lipinski definition) is 1. The molecule has 1 N–H and O–H groups in total. The van der Waals surface area contributed by atoms with Gasteiger partial charge in [-0.25, -0.2) is 4.39 Å². The van der Waals surface area contributed by atoms with Crippen molar-refractivity contribution < 1.29 is 23.8 Å². The minimum atomic E-state index is -0.918. The second-order valence-electron chi connectivity index (χ2n) is 9.88. The number of amides is 1. The predicted octanol–water partition coefficient (Wildman–Crippen LogP) is 4.88. The number of nitrogens with zero attached hydrogens (tertiary/aromatic N) is 3. The molecule has 7 nitrogen and oxygen atoms in total. The van der Waals surface area contributed by atoms with Gasteiger partial charge in [0.25, 0.3) is 11.7 Å². The molecule has 0 bridgehead atoms. The summed E-state index contributed by atoms with van der Waals surface area (Å²) in [6, 6.07) is 17.4. The number of carbonyl (C=O) groups is 2. The number of aliphatic hydroxyl groups is 1. The molecular weight excluding hydrogens is 485 g/mol. The second kappa shape index (κ2) is 9.52. The van der Waals surface area contributed by atoms with Crippen LogP contribution < -0.4 is 19.4 Å². The number of fused-ring (bicyclic) bond motifs is 1. The highest BCUT2D eigenvalue weighted by Gasteiger charge is 2.47. The van der Waals surface area contributed by atoms with Crippen LogP contribution >= 0.6 is 0 Å². The molecule has 2 saturated heterocycles. The quantitative estimate of drug-likeness (QED) is 0.305. The van der Waals surface area contributed by atoms with E-state index in [-0.39, 0.29) is 11.3 Å². The van der Waals surface area contributed by atoms with Crippen LogP contribution in [0.1, 0.15) is 30.0 Å². The van der Waals surface area contributed by atoms with E-state index in [4.69, 9.17) is 4.74 Å². The smallest absolute Gasteiger partial charge is 0.300 e. The molecule has 3 aliphatic heterocycles. The van der Waals surface area contributed by atoms with Crippen LogP contribution in [0, 0.1) is 5.82 Å². The first kappa shape index (κ1) is 24.0. The molecule has 0 spiro atoms. The van der Waals surface area contributed by atoms with Gasteiger partial charge in [-0.05, 0) is 73.0 Å². The molecule has 1 amide bonds. The molecular formula is C30H28FN3O4. The number of rotatable bonds is 4. The maximum Gasteiger partial charge on any atom is 0.300 e. The molecule has 6 rings (SSSR count). The van der Waals surface area contributed by atoms with Gasteiger partial charge < -0.3 is 19.6 Å². The Morgan fingerprint density at radius 1 is 0.921 bits per heavy atom. The van der Waals surface area contributed by atoms with Crippen LogP contribution in [0.15, 0.2) is 72.3 Å². The van der Waals surface area contributed by atoms with Gasteiger partial charge in [-0.3, -0.25) is 14.5 Å². The topological polar surface area (TPSA) is 73.3 Å². The van der Waals surface area contributed by atoms with E-state index in [0.717, 1.165) is 37.3 Å². The van der Waals surface area contributed by atoms with E-state index >= 15 is 0 Å². The number of benzene rings is 3. The van der Waals surface area contributed by atoms with Crippen molar-refractivity contribution in [1.82, 2.24) is 0 Å². The predicted molar refractivity (Wildman–Crippen MR) is 144 cm³/mol. The first-order chi connectivity index (χ1) is 18.4. The normalized spacial score (nSPS) is 20.6. The van der Waals surface area contributed by atoms with Crippen LogP contribution in [-0.2, 0) is 9.59 Å². The van der Waals surface area contributed by atoms with Gasteiger partial charge in [0, 0.05) is 37.1 Å². The summed E-state index contributed by atoms with van der Waals surface area (Å²) in [4.78, 5) is 32.6. The molecule has 0 aliphatic carbocycles. The lowest BCUT2D eigenvalue weighted by Crippen LogP contribution is -2.29. The van der Waals surface area contributed by atoms with Crippen LogP contribution in [0.3, 0.4) is 0 Å². The molecule has 1 unspecified atom stereocenters. The van der Waals surface area contributed by atoms with E-state index in [0.29, 0.717) is 35.7 Å². The van der Waals surface area contributed by atoms with Gasteiger partial charge in [0.15, 0.2) is 0 Å². The molecule has 3 heterocycles. The maximum atomic E-state index is 13.8. The van der Waals surface area contributed by atoms with Crippen LogP contribution in [0.2, 0.25) is 0 Å². The minimum absolute atomic E-state index is 0.0374. The number of hydrogen-bond acceptors (Lipinski definition) is 6. The minimum Gasteiger partial charge on any atom is -0.507 e. The number of carbonyl (C=O) groups excluding carboxylic acids is 2. The van der Waals surface area contributed by atoms with Crippen LogP contribution in [0.4, 0.5) is 21.5 Å². The SMILES string of the molecule is CN1CCOc2ccc(/C(O)=C3/C(=O)C(=O)N(c4ccc(N5CCCC5)cc4)C3c3ccc(F)cc3)cc21. The summed E-state index contributed by atoms with van der Waals surface area (Å²) in [5.41, 5.74) is 3.25. The van der Waals surface area contributed by atoms with E-state index in [2.05, 4.69) is 4.90 Å². The average molecular weight is 514 g/mol. The summed E-state index contributed by atoms with van der Waals surface area (Å²) in [6.07, 6.45) is 2.29. The number of ether oxygens (including phenoxy) is 1. The molecule has 0 aromatic heterocycles. The number of likely N-dealkylation sites (N-methyl/N-ethyl adjacent to an activating group) is 1. The molecule has 194 valence electrons. The molecule has 38 heavy (non-hydrogen) atoms. The van der Waals surface area contributed by atoms with E-state index in [1.807, 2.05) is 36.2 Å². The first-order valence-electron chi connectivity index (χ1n) is 12.8. The molecule has 1 atom stereocenters. The molecule has 3 aliphatic rings. The Morgan fingerprint density at radius 2 is 1.61 bits per heavy atom. The monoisotopic (exact) mass is 513 g/mol. The van der Waals surface area contributed by atoms with Crippen molar-refractivity contribution in [1.29, 1.82) is 0 Å². The molecule has 0 radical (unpaired) electrons. The Bertz CT molecular complexity index is 1430. The lowest BCUT2D eigenvalue weighted by atomic mass is 9.94. The lowest BCUT2D eigenvalue weighted by Gasteiger charge is -2.28. The summed E-state index contributed by atoms with van der Waals surface area (Å²) >= 11 is 0. The van der Waals surface area contributed by atoms with E-state index in [1.165, 1.54) is 17.0 Å². The van der Waals surface area contributed by atoms with Crippen molar-refractivity contribution in [3.8, 4) is 5.75 Å². The van der Waals surface area contributed by atoms with Gasteiger partial charge >= 0.3 is 0 Å². The fraction of sp³-hybridized carbons (Fsp3) is 0.267. The summed E-state index contributed by atoms with van der Waals surface area (Å²) in [5.74, 6) is -1.56. The van der Waals surface area contributed by atoms with Crippen molar-refractivity contribution in [2.45, 2.75) is 18.9 Å². The van der Waals surface area contributed by atoms with Gasteiger partial charge in [0.05, 0.1) is 23.8 Å². The standard InChI is InChI=1S/C30H28FN3O4/c1-32-16-17-38-25-13-6-20(18-24(25)32)28(35)26-27(19-4-7-21(31)8-5-19)34(30(37)29(26)36)23-11-9-22(10-12-23)33-14-2-3-15-33/h4-13,18,27,35H,2-3,14-17H2,1H3/b28-26-. The number of ketones is 1. The lowest BCUT2D eigenvalue weighted by molar-refractivity contribution is -0.132. The van der Waals surface area contributed by atoms with Crippen molar-refractivity contribution >= 4 is 34.5 Å². The van der Waals surface area contributed by atoms with Crippen molar-refractivity contribution in [2.75, 3.05) is 48.0 Å². The molecule has 2 fully saturated rings. The van der Waals surface area contributed by atoms with Gasteiger partial charge in [-0.1, -0.05) is 12.1 Å². The van der Waals surface area contributed by atoms with E-state index < -0.39 is 23.5 Å². The zero-order chi connectivity index (χ0) is 26.4. The highest BCUT2D eigenvalue weighted by atomic mass is 19.1. The molecule has 3 aromatic carbocycles. The van der Waals surface area contributed by atoms with Crippen molar-refractivity contribution in [3.05, 3.63) is 89.2 Å². The number of anilines is 3. The van der Waals surface area contributed by atoms with Crippen molar-refractivity contribution in [2.24, 2.45) is 0 Å². The Hall–Kier alpha value is -4.33. The Morgan fingerprint density at radius 3 is 2.32 bits per heavy atom. The highest BCUT2D eigenvalue weighted by Crippen LogP contribution is 2.43. The number of halogens is 1. The molecule has 0 saturated carbocycles. The van der Waals surface area contributed by atoms with Crippen LogP contribution in [0.25, 0.3) is 5.76 Å². The third-order valence-electron chi connectivity index (χ3n) is 7.56. The van der Waals surface area contributed by atoms with Gasteiger partial charge in [-0.15, -0.1) is 0 Å². The van der Waals surface area contributed by atoms with Crippen molar-refractivity contribution in [3.63, 3.8) is 0 Å². The fourth-order valence-electron chi connectivity index (χ4n) is 5.51. The Labute approximate surface area is 220 Å². The number of Topliss-reactive ketones (excluding diaryl/α,β-unsaturated/α-hetero) is 1. The molecule has 8 heteroatoms. The van der Waals surface area contributed by atoms with Crippen LogP contribution in [0.5, 0.6) is 5.75 Å². The average Bonchev–Trinajstić information content (AvgIpc) is 3.56. The molecule has 3 aromatic rings. The zero-order valence-electron chi connectivity index (χ0n) is 21.1. The third kappa shape index (κ3) is 4.06. The first-order valence-corrected chi connectivity index (χ1v) is 12.8. The summed E-state index contributed by atoms with van der Waals surface area (Å²) < 4.78 is 19.5. The second-order valence-corrected chi connectivity index (χ2v) is 9.88. The highest BCUT2D eigenvalue weighted by molar-refractivity contribution is 6.51. The third-order valence-corrected chi connectivity index (χ3v) is 7.56. The largest absolute Gasteiger partial charge is 0.507 e. The summed E-state index contributed by atoms with van der Waals surface area (Å²) in [5, 5.41) is 11.5. The van der Waals surface area contributed by atoms with Gasteiger partial charge in [0.2, 0.25) is 0 Å². The van der Waals surface area contributed by atoms with Gasteiger partial charge in [-0.2, -0.15) is 0 Å². The summed E-state index contributed by atoms with van der Waals surface area (Å²) in [6.45, 7) is 3.21. The van der Waals surface area contributed by atoms with Crippen LogP contribution in [-0.4, -0.2) is 50.1 Å². The Kier molecular flexibility index (Phi) is 6.02. The maximum absolute atomic E-state index is 13.8. The van der Waals surface area contributed by atoms with E-state index in [9.17, 15) is 19.1 Å². The number of aliphatic hydroxyl groups excluding tert-OH is 1. The summed E-state index contributed by atoms with van der Waals surface area (Å²) in [7, 11) is 1.93. The zero-order valence-corrected chi connectivity index (χ0v) is 21.1.